The number of nitrogens with zero attached hydrogens (tertiary/aromatic N) is 4. The minimum atomic E-state index is -1.10. The maximum absolute atomic E-state index is 11.6. The lowest BCUT2D eigenvalue weighted by Crippen LogP contribution is -2.35. The minimum absolute atomic E-state index is 0.0167. The molecule has 9 nitrogen and oxygen atoms in total. The van der Waals surface area contributed by atoms with Crippen molar-refractivity contribution in [2.75, 3.05) is 20.3 Å². The number of carboxylic acids is 1. The Morgan fingerprint density at radius 1 is 1.15 bits per heavy atom. The van der Waals surface area contributed by atoms with Crippen LogP contribution < -0.4 is 4.74 Å². The number of hydrogen-bond donors (Lipinski definition) is 1. The van der Waals surface area contributed by atoms with Crippen LogP contribution in [0.2, 0.25) is 0 Å². The van der Waals surface area contributed by atoms with E-state index in [4.69, 9.17) is 19.2 Å². The average molecular weight is 557 g/mol. The Morgan fingerprint density at radius 2 is 1.93 bits per heavy atom. The molecule has 1 aromatic carbocycles. The topological polar surface area (TPSA) is 98.9 Å². The molecular weight excluding hydrogens is 520 g/mol. The summed E-state index contributed by atoms with van der Waals surface area (Å²) in [6.07, 6.45) is 7.47. The van der Waals surface area contributed by atoms with Crippen molar-refractivity contribution in [3.8, 4) is 11.7 Å². The maximum Gasteiger partial charge on any atom is 0.342 e. The van der Waals surface area contributed by atoms with E-state index in [1.807, 2.05) is 12.1 Å². The summed E-state index contributed by atoms with van der Waals surface area (Å²) in [5.74, 6) is 0.347. The van der Waals surface area contributed by atoms with E-state index in [0.717, 1.165) is 69.0 Å². The van der Waals surface area contributed by atoms with Gasteiger partial charge in [-0.15, -0.1) is 0 Å². The first-order chi connectivity index (χ1) is 19.9. The first kappa shape index (κ1) is 27.2. The first-order valence-corrected chi connectivity index (χ1v) is 14.2. The molecule has 9 heteroatoms. The molecule has 0 unspecified atom stereocenters. The van der Waals surface area contributed by atoms with Gasteiger partial charge in [-0.05, 0) is 79.5 Å². The third kappa shape index (κ3) is 5.39. The molecule has 1 saturated heterocycles. The van der Waals surface area contributed by atoms with Gasteiger partial charge in [0.1, 0.15) is 17.9 Å². The molecule has 3 aromatic rings. The fraction of sp³-hybridized carbons (Fsp3) is 0.406. The van der Waals surface area contributed by atoms with Gasteiger partial charge in [0, 0.05) is 37.9 Å². The lowest BCUT2D eigenvalue weighted by atomic mass is 9.95. The van der Waals surface area contributed by atoms with Gasteiger partial charge in [0.15, 0.2) is 5.82 Å². The minimum Gasteiger partial charge on any atom is -0.488 e. The number of hydrogen-bond acceptors (Lipinski definition) is 7. The number of allylic oxidation sites excluding steroid dienone is 3. The van der Waals surface area contributed by atoms with E-state index in [-0.39, 0.29) is 11.4 Å². The van der Waals surface area contributed by atoms with Gasteiger partial charge in [0.25, 0.3) is 0 Å². The van der Waals surface area contributed by atoms with Crippen LogP contribution in [0.1, 0.15) is 70.9 Å². The Kier molecular flexibility index (Phi) is 7.64. The van der Waals surface area contributed by atoms with E-state index in [2.05, 4.69) is 42.1 Å². The Morgan fingerprint density at radius 3 is 2.68 bits per heavy atom. The number of carboxylic acid groups (broad SMARTS) is 1. The Labute approximate surface area is 240 Å². The lowest BCUT2D eigenvalue weighted by molar-refractivity contribution is 0.0326. The van der Waals surface area contributed by atoms with E-state index < -0.39 is 5.97 Å². The van der Waals surface area contributed by atoms with Crippen molar-refractivity contribution in [3.63, 3.8) is 0 Å². The van der Waals surface area contributed by atoms with E-state index in [1.165, 1.54) is 45.8 Å². The number of aryl methyl sites for hydroxylation is 1. The Balaban J connectivity index is 1.22. The molecule has 41 heavy (non-hydrogen) atoms. The number of pyridine rings is 1. The molecule has 4 heterocycles. The largest absolute Gasteiger partial charge is 0.488 e. The number of rotatable bonds is 8. The second-order valence-corrected chi connectivity index (χ2v) is 11.0. The van der Waals surface area contributed by atoms with E-state index in [1.54, 1.807) is 6.07 Å². The van der Waals surface area contributed by atoms with Gasteiger partial charge >= 0.3 is 5.97 Å². The second-order valence-electron chi connectivity index (χ2n) is 11.0. The number of aromatic carboxylic acids is 1. The Bertz CT molecular complexity index is 1530. The zero-order chi connectivity index (χ0) is 28.5. The third-order valence-corrected chi connectivity index (χ3v) is 8.36. The summed E-state index contributed by atoms with van der Waals surface area (Å²) in [6, 6.07) is 10.9. The predicted octanol–water partition coefficient (Wildman–Crippen LogP) is 5.45. The molecule has 0 amide bonds. The summed E-state index contributed by atoms with van der Waals surface area (Å²) in [7, 11) is 1.43. The number of fused-ring (bicyclic) bond motifs is 1. The molecule has 1 fully saturated rings. The molecule has 0 saturated carbocycles. The van der Waals surface area contributed by atoms with Gasteiger partial charge in [0.05, 0.1) is 19.0 Å². The number of ether oxygens (including phenoxy) is 3. The maximum atomic E-state index is 11.6. The Hall–Kier alpha value is -3.95. The van der Waals surface area contributed by atoms with Crippen LogP contribution in [-0.2, 0) is 29.2 Å². The van der Waals surface area contributed by atoms with Gasteiger partial charge < -0.3 is 19.3 Å². The number of aromatic nitrogens is 3. The molecule has 0 atom stereocenters. The van der Waals surface area contributed by atoms with Gasteiger partial charge in [-0.25, -0.2) is 9.78 Å². The highest BCUT2D eigenvalue weighted by Crippen LogP contribution is 2.35. The van der Waals surface area contributed by atoms with Gasteiger partial charge in [-0.1, -0.05) is 24.3 Å². The zero-order valence-corrected chi connectivity index (χ0v) is 23.9. The predicted molar refractivity (Wildman–Crippen MR) is 154 cm³/mol. The monoisotopic (exact) mass is 556 g/mol. The number of methoxy groups -OCH3 is 1. The summed E-state index contributed by atoms with van der Waals surface area (Å²) in [5, 5.41) is 13.7. The third-order valence-electron chi connectivity index (χ3n) is 8.36. The fourth-order valence-electron chi connectivity index (χ4n) is 6.09. The first-order valence-electron chi connectivity index (χ1n) is 14.2. The number of carbonyl (C=O) groups is 1. The molecule has 0 bridgehead atoms. The van der Waals surface area contributed by atoms with E-state index in [9.17, 15) is 9.90 Å². The van der Waals surface area contributed by atoms with Crippen molar-refractivity contribution >= 4 is 11.5 Å². The lowest BCUT2D eigenvalue weighted by Gasteiger charge is -2.30. The van der Waals surface area contributed by atoms with E-state index in [0.29, 0.717) is 18.5 Å². The van der Waals surface area contributed by atoms with Crippen LogP contribution in [0.15, 0.2) is 53.9 Å². The smallest absolute Gasteiger partial charge is 0.342 e. The summed E-state index contributed by atoms with van der Waals surface area (Å²) >= 11 is 0. The van der Waals surface area contributed by atoms with Crippen LogP contribution in [0, 0.1) is 6.92 Å². The molecule has 2 aromatic heterocycles. The highest BCUT2D eigenvalue weighted by atomic mass is 16.5. The molecular formula is C32H36N4O5. The van der Waals surface area contributed by atoms with Crippen molar-refractivity contribution in [1.82, 2.24) is 19.7 Å². The van der Waals surface area contributed by atoms with Gasteiger partial charge in [-0.3, -0.25) is 4.90 Å². The van der Waals surface area contributed by atoms with Crippen LogP contribution in [0.4, 0.5) is 0 Å². The highest BCUT2D eigenvalue weighted by Gasteiger charge is 2.28. The summed E-state index contributed by atoms with van der Waals surface area (Å²) in [6.45, 7) is 8.47. The van der Waals surface area contributed by atoms with Gasteiger partial charge in [-0.2, -0.15) is 9.78 Å². The van der Waals surface area contributed by atoms with Crippen molar-refractivity contribution in [2.24, 2.45) is 0 Å². The van der Waals surface area contributed by atoms with Crippen molar-refractivity contribution in [1.29, 1.82) is 0 Å². The number of benzene rings is 1. The van der Waals surface area contributed by atoms with Crippen LogP contribution in [-0.4, -0.2) is 57.1 Å². The molecule has 1 aliphatic carbocycles. The van der Waals surface area contributed by atoms with Crippen LogP contribution >= 0.6 is 0 Å². The average Bonchev–Trinajstić information content (AvgIpc) is 3.61. The van der Waals surface area contributed by atoms with E-state index >= 15 is 0 Å². The second kappa shape index (κ2) is 11.5. The van der Waals surface area contributed by atoms with Crippen molar-refractivity contribution < 1.29 is 24.1 Å². The van der Waals surface area contributed by atoms with Crippen molar-refractivity contribution in [2.45, 2.75) is 65.3 Å². The standard InChI is InChI=1S/C32H36N4O5/c1-20-6-4-7-26(28-8-5-9-29(34-28)36-31(39-3)27(16-33-36)32(37)38)30(20)41-19-24-15-23-18-35(17-22(23)14-21(24)2)25-10-12-40-13-11-25/h5,7-9,14-16,25H,4,6,10-13,17-19H2,1-3H3,(H,37,38). The molecule has 1 N–H and O–H groups in total. The summed E-state index contributed by atoms with van der Waals surface area (Å²) in [4.78, 5) is 19.0. The normalized spacial score (nSPS) is 17.9. The van der Waals surface area contributed by atoms with Crippen LogP contribution in [0.25, 0.3) is 11.4 Å². The molecule has 214 valence electrons. The van der Waals surface area contributed by atoms with Crippen molar-refractivity contribution in [3.05, 3.63) is 87.4 Å². The molecule has 3 aliphatic rings. The summed E-state index contributed by atoms with van der Waals surface area (Å²) in [5.41, 5.74) is 8.11. The molecule has 6 rings (SSSR count). The quantitative estimate of drug-likeness (QED) is 0.391. The summed E-state index contributed by atoms with van der Waals surface area (Å²) < 4.78 is 18.9. The highest BCUT2D eigenvalue weighted by molar-refractivity contribution is 5.90. The fourth-order valence-corrected chi connectivity index (χ4v) is 6.09. The molecule has 2 aliphatic heterocycles. The molecule has 0 spiro atoms. The van der Waals surface area contributed by atoms with Gasteiger partial charge in [0.2, 0.25) is 5.88 Å². The SMILES string of the molecule is COc1c(C(=O)O)cnn1-c1cccc(C2=CCCC(C)=C2OCc2cc3c(cc2C)CN(C2CCOCC2)C3)n1. The molecule has 0 radical (unpaired) electrons. The van der Waals surface area contributed by atoms with Crippen LogP contribution in [0.5, 0.6) is 5.88 Å². The van der Waals surface area contributed by atoms with Crippen LogP contribution in [0.3, 0.4) is 0 Å². The zero-order valence-electron chi connectivity index (χ0n) is 23.9.